The quantitative estimate of drug-likeness (QED) is 0.795. The van der Waals surface area contributed by atoms with Gasteiger partial charge in [-0.05, 0) is 48.3 Å². The summed E-state index contributed by atoms with van der Waals surface area (Å²) in [6.07, 6.45) is 10.7. The third kappa shape index (κ3) is 4.73. The van der Waals surface area contributed by atoms with Crippen LogP contribution in [0.2, 0.25) is 0 Å². The minimum atomic E-state index is -0.438. The second-order valence-electron chi connectivity index (χ2n) is 6.20. The third-order valence-electron chi connectivity index (χ3n) is 4.33. The second-order valence-corrected chi connectivity index (χ2v) is 6.20. The number of allylic oxidation sites excluding steroid dienone is 2. The van der Waals surface area contributed by atoms with E-state index in [2.05, 4.69) is 37.3 Å². The molecular formula is C23H26N2O2. The highest BCUT2D eigenvalue weighted by atomic mass is 16.2. The zero-order valence-electron chi connectivity index (χ0n) is 16.0. The molecule has 0 atom stereocenters. The van der Waals surface area contributed by atoms with Gasteiger partial charge in [-0.15, -0.1) is 0 Å². The lowest BCUT2D eigenvalue weighted by Crippen LogP contribution is -2.44. The number of hydrogen-bond acceptors (Lipinski definition) is 2. The molecule has 0 bridgehead atoms. The molecule has 0 saturated heterocycles. The summed E-state index contributed by atoms with van der Waals surface area (Å²) < 4.78 is 0. The summed E-state index contributed by atoms with van der Waals surface area (Å²) in [6, 6.07) is 5.90. The number of nitrogens with one attached hydrogen (secondary N) is 2. The number of amides is 1. The van der Waals surface area contributed by atoms with Crippen molar-refractivity contribution in [3.8, 4) is 0 Å². The van der Waals surface area contributed by atoms with E-state index in [1.165, 1.54) is 23.4 Å². The van der Waals surface area contributed by atoms with E-state index in [1.807, 2.05) is 18.2 Å². The first-order valence-electron chi connectivity index (χ1n) is 9.16. The summed E-state index contributed by atoms with van der Waals surface area (Å²) >= 11 is 0. The number of anilines is 1. The number of carbonyl (C=O) groups is 1. The van der Waals surface area contributed by atoms with E-state index < -0.39 is 5.91 Å². The van der Waals surface area contributed by atoms with Crippen LogP contribution in [0.5, 0.6) is 0 Å². The fourth-order valence-corrected chi connectivity index (χ4v) is 3.02. The highest BCUT2D eigenvalue weighted by molar-refractivity contribution is 6.04. The van der Waals surface area contributed by atoms with Crippen LogP contribution >= 0.6 is 0 Å². The summed E-state index contributed by atoms with van der Waals surface area (Å²) in [5.41, 5.74) is 2.90. The van der Waals surface area contributed by atoms with Gasteiger partial charge in [0.1, 0.15) is 5.56 Å². The van der Waals surface area contributed by atoms with Crippen molar-refractivity contribution < 1.29 is 4.79 Å². The van der Waals surface area contributed by atoms with Crippen LogP contribution in [0.25, 0.3) is 12.2 Å². The number of aryl methyl sites for hydroxylation is 2. The highest BCUT2D eigenvalue weighted by Crippen LogP contribution is 2.18. The van der Waals surface area contributed by atoms with Gasteiger partial charge in [-0.2, -0.15) is 0 Å². The van der Waals surface area contributed by atoms with Crippen molar-refractivity contribution in [1.82, 2.24) is 4.98 Å². The Kier molecular flexibility index (Phi) is 7.12. The smallest absolute Gasteiger partial charge is 0.261 e. The van der Waals surface area contributed by atoms with Gasteiger partial charge in [0.15, 0.2) is 0 Å². The molecule has 0 radical (unpaired) electrons. The number of pyridine rings is 1. The average molecular weight is 362 g/mol. The number of rotatable bonds is 7. The largest absolute Gasteiger partial charge is 0.360 e. The van der Waals surface area contributed by atoms with Gasteiger partial charge < -0.3 is 10.3 Å². The average Bonchev–Trinajstić information content (AvgIpc) is 2.65. The molecule has 0 aliphatic carbocycles. The van der Waals surface area contributed by atoms with Gasteiger partial charge in [-0.25, -0.2) is 0 Å². The van der Waals surface area contributed by atoms with Crippen molar-refractivity contribution in [2.75, 3.05) is 5.32 Å². The molecule has 140 valence electrons. The Bertz CT molecular complexity index is 1030. The molecule has 0 fully saturated rings. The van der Waals surface area contributed by atoms with Gasteiger partial charge in [-0.3, -0.25) is 9.59 Å². The Hall–Kier alpha value is -3.14. The lowest BCUT2D eigenvalue weighted by molar-refractivity contribution is 0.102. The van der Waals surface area contributed by atoms with Gasteiger partial charge in [-0.1, -0.05) is 51.6 Å². The molecule has 1 amide bonds. The van der Waals surface area contributed by atoms with Crippen molar-refractivity contribution >= 4 is 23.7 Å². The predicted octanol–water partition coefficient (Wildman–Crippen LogP) is 3.08. The molecule has 4 nitrogen and oxygen atoms in total. The fourth-order valence-electron chi connectivity index (χ4n) is 3.02. The van der Waals surface area contributed by atoms with E-state index in [4.69, 9.17) is 0 Å². The lowest BCUT2D eigenvalue weighted by Gasteiger charge is -2.11. The van der Waals surface area contributed by atoms with E-state index >= 15 is 0 Å². The first-order valence-corrected chi connectivity index (χ1v) is 9.16. The van der Waals surface area contributed by atoms with E-state index in [1.54, 1.807) is 18.2 Å². The van der Waals surface area contributed by atoms with Gasteiger partial charge >= 0.3 is 0 Å². The zero-order chi connectivity index (χ0) is 19.8. The third-order valence-corrected chi connectivity index (χ3v) is 4.33. The SMILES string of the molecule is C=C/C=c1/[nH]cc(C(=O)Nc2ccc(CC)c(CCC)c2)c(=O)/c1=C/C=C. The van der Waals surface area contributed by atoms with Crippen molar-refractivity contribution in [2.45, 2.75) is 33.1 Å². The number of carbonyl (C=O) groups excluding carboxylic acids is 1. The molecule has 2 rings (SSSR count). The van der Waals surface area contributed by atoms with E-state index in [0.717, 1.165) is 19.3 Å². The summed E-state index contributed by atoms with van der Waals surface area (Å²) in [6.45, 7) is 11.5. The molecule has 27 heavy (non-hydrogen) atoms. The lowest BCUT2D eigenvalue weighted by atomic mass is 10.0. The number of hydrogen-bond donors (Lipinski definition) is 2. The molecule has 1 aromatic carbocycles. The Morgan fingerprint density at radius 1 is 1.15 bits per heavy atom. The fraction of sp³-hybridized carbons (Fsp3) is 0.217. The van der Waals surface area contributed by atoms with Crippen LogP contribution in [-0.4, -0.2) is 10.9 Å². The normalized spacial score (nSPS) is 12.1. The van der Waals surface area contributed by atoms with Gasteiger partial charge in [0.2, 0.25) is 5.43 Å². The van der Waals surface area contributed by atoms with Gasteiger partial charge in [0, 0.05) is 22.5 Å². The minimum absolute atomic E-state index is 0.0564. The van der Waals surface area contributed by atoms with Crippen molar-refractivity contribution in [1.29, 1.82) is 0 Å². The molecule has 2 N–H and O–H groups in total. The number of benzene rings is 1. The molecule has 2 aromatic rings. The van der Waals surface area contributed by atoms with Crippen LogP contribution < -0.4 is 21.3 Å². The van der Waals surface area contributed by atoms with Gasteiger partial charge in [0.25, 0.3) is 5.91 Å². The topological polar surface area (TPSA) is 62.0 Å². The Labute approximate surface area is 159 Å². The van der Waals surface area contributed by atoms with Crippen molar-refractivity contribution in [3.63, 3.8) is 0 Å². The molecule has 0 aliphatic rings. The standard InChI is InChI=1S/C23H26N2O2/c1-5-9-17-14-18(13-12-16(17)8-4)25-23(27)20-15-24-21(11-7-3)19(10-6-2)22(20)26/h6-7,10-15,24H,2-3,5,8-9H2,1,4H3,(H,25,27)/b19-10+,21-11+. The van der Waals surface area contributed by atoms with Crippen LogP contribution in [-0.2, 0) is 12.8 Å². The monoisotopic (exact) mass is 362 g/mol. The molecular weight excluding hydrogens is 336 g/mol. The molecule has 1 aromatic heterocycles. The number of aromatic nitrogens is 1. The molecule has 0 aliphatic heterocycles. The maximum atomic E-state index is 12.7. The molecule has 0 saturated carbocycles. The first kappa shape index (κ1) is 20.2. The van der Waals surface area contributed by atoms with E-state index in [0.29, 0.717) is 16.3 Å². The molecule has 0 spiro atoms. The maximum absolute atomic E-state index is 12.7. The Balaban J connectivity index is 2.44. The second kappa shape index (κ2) is 9.53. The van der Waals surface area contributed by atoms with Crippen LogP contribution in [0.4, 0.5) is 5.69 Å². The van der Waals surface area contributed by atoms with Gasteiger partial charge in [0.05, 0.1) is 0 Å². The predicted molar refractivity (Wildman–Crippen MR) is 113 cm³/mol. The first-order chi connectivity index (χ1) is 13.0. The minimum Gasteiger partial charge on any atom is -0.360 e. The van der Waals surface area contributed by atoms with Crippen molar-refractivity contribution in [3.05, 3.63) is 87.2 Å². The summed E-state index contributed by atoms with van der Waals surface area (Å²) in [4.78, 5) is 28.4. The highest BCUT2D eigenvalue weighted by Gasteiger charge is 2.12. The van der Waals surface area contributed by atoms with E-state index in [9.17, 15) is 9.59 Å². The van der Waals surface area contributed by atoms with Crippen LogP contribution in [0.3, 0.4) is 0 Å². The van der Waals surface area contributed by atoms with Crippen LogP contribution in [0, 0.1) is 0 Å². The summed E-state index contributed by atoms with van der Waals surface area (Å²) in [5.74, 6) is -0.438. The Morgan fingerprint density at radius 3 is 2.52 bits per heavy atom. The summed E-state index contributed by atoms with van der Waals surface area (Å²) in [7, 11) is 0. The molecule has 1 heterocycles. The summed E-state index contributed by atoms with van der Waals surface area (Å²) in [5, 5.41) is 3.81. The van der Waals surface area contributed by atoms with E-state index in [-0.39, 0.29) is 11.0 Å². The van der Waals surface area contributed by atoms with Crippen molar-refractivity contribution in [2.24, 2.45) is 0 Å². The Morgan fingerprint density at radius 2 is 1.89 bits per heavy atom. The zero-order valence-corrected chi connectivity index (χ0v) is 16.0. The number of aromatic amines is 1. The van der Waals surface area contributed by atoms with Crippen LogP contribution in [0.15, 0.2) is 54.5 Å². The van der Waals surface area contributed by atoms with Crippen LogP contribution in [0.1, 0.15) is 41.8 Å². The molecule has 4 heteroatoms. The maximum Gasteiger partial charge on any atom is 0.261 e. The molecule has 0 unspecified atom stereocenters. The number of H-pyrrole nitrogens is 1.